The lowest BCUT2D eigenvalue weighted by molar-refractivity contribution is 0.0697. The molecule has 76 valence electrons. The summed E-state index contributed by atoms with van der Waals surface area (Å²) in [7, 11) is 0. The van der Waals surface area contributed by atoms with Gasteiger partial charge in [-0.3, -0.25) is 0 Å². The molecule has 1 unspecified atom stereocenters. The highest BCUT2D eigenvalue weighted by Gasteiger charge is 2.11. The summed E-state index contributed by atoms with van der Waals surface area (Å²) in [6.45, 7) is 1.63. The summed E-state index contributed by atoms with van der Waals surface area (Å²) >= 11 is 0. The van der Waals surface area contributed by atoms with Crippen LogP contribution >= 0.6 is 0 Å². The maximum absolute atomic E-state index is 10.7. The smallest absolute Gasteiger partial charge is 0.337 e. The molecule has 1 aromatic carbocycles. The summed E-state index contributed by atoms with van der Waals surface area (Å²) in [6, 6.07) is 4.79. The Morgan fingerprint density at radius 2 is 2.21 bits per heavy atom. The molecule has 0 bridgehead atoms. The van der Waals surface area contributed by atoms with E-state index in [-0.39, 0.29) is 11.3 Å². The molecule has 1 rings (SSSR count). The van der Waals surface area contributed by atoms with Crippen LogP contribution in [0.4, 0.5) is 5.69 Å². The molecule has 0 fully saturated rings. The van der Waals surface area contributed by atoms with Crippen molar-refractivity contribution in [2.45, 2.75) is 19.4 Å². The maximum atomic E-state index is 10.7. The van der Waals surface area contributed by atoms with E-state index in [1.807, 2.05) is 0 Å². The van der Waals surface area contributed by atoms with Crippen molar-refractivity contribution in [3.8, 4) is 0 Å². The molecule has 0 radical (unpaired) electrons. The summed E-state index contributed by atoms with van der Waals surface area (Å²) in [5.41, 5.74) is 6.63. The quantitative estimate of drug-likeness (QED) is 0.625. The standard InChI is InChI=1S/C10H13NO3/c1-6(12)5-7-3-2-4-8(9(7)11)10(13)14/h2-4,6,12H,5,11H2,1H3,(H,13,14). The van der Waals surface area contributed by atoms with Crippen molar-refractivity contribution >= 4 is 11.7 Å². The van der Waals surface area contributed by atoms with Crippen molar-refractivity contribution in [1.29, 1.82) is 0 Å². The zero-order valence-electron chi connectivity index (χ0n) is 7.90. The van der Waals surface area contributed by atoms with Crippen molar-refractivity contribution in [3.05, 3.63) is 29.3 Å². The van der Waals surface area contributed by atoms with Crippen LogP contribution < -0.4 is 5.73 Å². The first-order valence-electron chi connectivity index (χ1n) is 4.31. The van der Waals surface area contributed by atoms with E-state index < -0.39 is 12.1 Å². The molecule has 4 nitrogen and oxygen atoms in total. The fourth-order valence-electron chi connectivity index (χ4n) is 1.30. The molecule has 0 aromatic heterocycles. The topological polar surface area (TPSA) is 83.5 Å². The van der Waals surface area contributed by atoms with Crippen molar-refractivity contribution < 1.29 is 15.0 Å². The van der Waals surface area contributed by atoms with E-state index in [1.165, 1.54) is 6.07 Å². The molecule has 0 saturated carbocycles. The van der Waals surface area contributed by atoms with E-state index in [0.29, 0.717) is 12.0 Å². The number of carboxylic acids is 1. The second-order valence-corrected chi connectivity index (χ2v) is 3.24. The number of aliphatic hydroxyl groups excluding tert-OH is 1. The van der Waals surface area contributed by atoms with Gasteiger partial charge in [-0.2, -0.15) is 0 Å². The van der Waals surface area contributed by atoms with E-state index in [0.717, 1.165) is 0 Å². The number of hydrogen-bond donors (Lipinski definition) is 3. The molecule has 4 N–H and O–H groups in total. The number of carboxylic acid groups (broad SMARTS) is 1. The normalized spacial score (nSPS) is 12.4. The Morgan fingerprint density at radius 3 is 2.71 bits per heavy atom. The van der Waals surface area contributed by atoms with E-state index in [1.54, 1.807) is 19.1 Å². The molecule has 0 aliphatic rings. The molecule has 0 spiro atoms. The first kappa shape index (κ1) is 10.5. The predicted octanol–water partition coefficient (Wildman–Crippen LogP) is 0.890. The highest BCUT2D eigenvalue weighted by Crippen LogP contribution is 2.18. The van der Waals surface area contributed by atoms with Gasteiger partial charge < -0.3 is 15.9 Å². The molecule has 1 aromatic rings. The minimum Gasteiger partial charge on any atom is -0.478 e. The molecule has 0 saturated heterocycles. The number of aliphatic hydroxyl groups is 1. The van der Waals surface area contributed by atoms with Gasteiger partial charge >= 0.3 is 5.97 Å². The van der Waals surface area contributed by atoms with E-state index in [2.05, 4.69) is 0 Å². The molecule has 0 amide bonds. The van der Waals surface area contributed by atoms with Crippen molar-refractivity contribution in [2.75, 3.05) is 5.73 Å². The number of benzene rings is 1. The molecule has 0 aliphatic heterocycles. The van der Waals surface area contributed by atoms with Gasteiger partial charge in [-0.05, 0) is 18.6 Å². The van der Waals surface area contributed by atoms with Gasteiger partial charge in [0.2, 0.25) is 0 Å². The van der Waals surface area contributed by atoms with Crippen LogP contribution in [0, 0.1) is 0 Å². The lowest BCUT2D eigenvalue weighted by Crippen LogP contribution is -2.10. The van der Waals surface area contributed by atoms with Crippen LogP contribution in [-0.4, -0.2) is 22.3 Å². The Kier molecular flexibility index (Phi) is 3.09. The molecule has 14 heavy (non-hydrogen) atoms. The summed E-state index contributed by atoms with van der Waals surface area (Å²) in [6.07, 6.45) is -0.159. The zero-order valence-corrected chi connectivity index (χ0v) is 7.90. The summed E-state index contributed by atoms with van der Waals surface area (Å²) in [4.78, 5) is 10.7. The fraction of sp³-hybridized carbons (Fsp3) is 0.300. The third-order valence-corrected chi connectivity index (χ3v) is 1.94. The van der Waals surface area contributed by atoms with Crippen molar-refractivity contribution in [1.82, 2.24) is 0 Å². The van der Waals surface area contributed by atoms with Crippen LogP contribution in [0.1, 0.15) is 22.8 Å². The van der Waals surface area contributed by atoms with E-state index in [4.69, 9.17) is 15.9 Å². The number of anilines is 1. The average molecular weight is 195 g/mol. The third kappa shape index (κ3) is 2.23. The van der Waals surface area contributed by atoms with Crippen LogP contribution in [0.15, 0.2) is 18.2 Å². The van der Waals surface area contributed by atoms with Crippen molar-refractivity contribution in [3.63, 3.8) is 0 Å². The fourth-order valence-corrected chi connectivity index (χ4v) is 1.30. The van der Waals surface area contributed by atoms with E-state index >= 15 is 0 Å². The van der Waals surface area contributed by atoms with Crippen LogP contribution in [0.25, 0.3) is 0 Å². The van der Waals surface area contributed by atoms with E-state index in [9.17, 15) is 4.79 Å². The van der Waals surface area contributed by atoms with Gasteiger partial charge in [0.1, 0.15) is 0 Å². The van der Waals surface area contributed by atoms with Gasteiger partial charge in [0.05, 0.1) is 11.7 Å². The molecule has 1 atom stereocenters. The van der Waals surface area contributed by atoms with Gasteiger partial charge in [0.15, 0.2) is 0 Å². The molecular formula is C10H13NO3. The number of aromatic carboxylic acids is 1. The Balaban J connectivity index is 3.07. The SMILES string of the molecule is CC(O)Cc1cccc(C(=O)O)c1N. The van der Waals surface area contributed by atoms with Gasteiger partial charge in [0.25, 0.3) is 0 Å². The monoisotopic (exact) mass is 195 g/mol. The number of nitrogen functional groups attached to an aromatic ring is 1. The molecule has 4 heteroatoms. The largest absolute Gasteiger partial charge is 0.478 e. The van der Waals surface area contributed by atoms with Crippen LogP contribution in [0.5, 0.6) is 0 Å². The van der Waals surface area contributed by atoms with Crippen LogP contribution in [0.2, 0.25) is 0 Å². The zero-order chi connectivity index (χ0) is 10.7. The molecule has 0 heterocycles. The van der Waals surface area contributed by atoms with Gasteiger partial charge in [-0.1, -0.05) is 12.1 Å². The maximum Gasteiger partial charge on any atom is 0.337 e. The number of para-hydroxylation sites is 1. The lowest BCUT2D eigenvalue weighted by atomic mass is 10.0. The number of rotatable bonds is 3. The third-order valence-electron chi connectivity index (χ3n) is 1.94. The number of nitrogens with two attached hydrogens (primary N) is 1. The first-order valence-corrected chi connectivity index (χ1v) is 4.31. The highest BCUT2D eigenvalue weighted by molar-refractivity contribution is 5.94. The first-order chi connectivity index (χ1) is 6.52. The average Bonchev–Trinajstić information content (AvgIpc) is 2.07. The predicted molar refractivity (Wildman–Crippen MR) is 53.2 cm³/mol. The molecule has 0 aliphatic carbocycles. The lowest BCUT2D eigenvalue weighted by Gasteiger charge is -2.09. The Hall–Kier alpha value is -1.55. The Morgan fingerprint density at radius 1 is 1.57 bits per heavy atom. The number of hydrogen-bond acceptors (Lipinski definition) is 3. The van der Waals surface area contributed by atoms with Crippen molar-refractivity contribution in [2.24, 2.45) is 0 Å². The molecular weight excluding hydrogens is 182 g/mol. The Labute approximate surface area is 82.0 Å². The highest BCUT2D eigenvalue weighted by atomic mass is 16.4. The summed E-state index contributed by atoms with van der Waals surface area (Å²) < 4.78 is 0. The van der Waals surface area contributed by atoms with Crippen LogP contribution in [-0.2, 0) is 6.42 Å². The minimum absolute atomic E-state index is 0.0863. The van der Waals surface area contributed by atoms with Gasteiger partial charge in [-0.15, -0.1) is 0 Å². The second kappa shape index (κ2) is 4.11. The van der Waals surface area contributed by atoms with Gasteiger partial charge in [0, 0.05) is 12.1 Å². The second-order valence-electron chi connectivity index (χ2n) is 3.24. The number of carbonyl (C=O) groups is 1. The minimum atomic E-state index is -1.05. The Bertz CT molecular complexity index is 347. The van der Waals surface area contributed by atoms with Crippen LogP contribution in [0.3, 0.4) is 0 Å². The van der Waals surface area contributed by atoms with Gasteiger partial charge in [-0.25, -0.2) is 4.79 Å². The summed E-state index contributed by atoms with van der Waals surface area (Å²) in [5.74, 6) is -1.05. The summed E-state index contributed by atoms with van der Waals surface area (Å²) in [5, 5.41) is 17.9.